The monoisotopic (exact) mass is 370 g/mol. The molecule has 0 amide bonds. The Morgan fingerprint density at radius 3 is 2.67 bits per heavy atom. The number of rotatable bonds is 1. The predicted molar refractivity (Wildman–Crippen MR) is 105 cm³/mol. The number of nitrogens with zero attached hydrogens (tertiary/aromatic N) is 1. The normalized spacial score (nSPS) is 33.6. The van der Waals surface area contributed by atoms with E-state index in [4.69, 9.17) is 14.2 Å². The number of fused-ring (bicyclic) bond motifs is 3. The lowest BCUT2D eigenvalue weighted by atomic mass is 9.73. The van der Waals surface area contributed by atoms with Crippen LogP contribution in [0.3, 0.4) is 0 Å². The van der Waals surface area contributed by atoms with E-state index in [1.165, 1.54) is 5.56 Å². The number of ether oxygens (including phenoxy) is 3. The SMILES string of the molecule is CC1(C#CC[N+]2(C)CCOCC2)CCC2C(O1)c1ccccc1OC2(C)C. The van der Waals surface area contributed by atoms with Crippen molar-refractivity contribution < 1.29 is 18.7 Å². The Morgan fingerprint density at radius 2 is 1.89 bits per heavy atom. The zero-order chi connectivity index (χ0) is 19.1. The largest absolute Gasteiger partial charge is 0.487 e. The van der Waals surface area contributed by atoms with Gasteiger partial charge in [0.1, 0.15) is 36.6 Å². The maximum absolute atomic E-state index is 6.68. The van der Waals surface area contributed by atoms with Crippen LogP contribution < -0.4 is 4.74 Å². The Bertz CT molecular complexity index is 756. The van der Waals surface area contributed by atoms with Gasteiger partial charge < -0.3 is 18.7 Å². The van der Waals surface area contributed by atoms with Crippen LogP contribution in [0, 0.1) is 17.8 Å². The Balaban J connectivity index is 1.54. The molecule has 1 aromatic rings. The van der Waals surface area contributed by atoms with Crippen LogP contribution in [0.2, 0.25) is 0 Å². The molecule has 0 aliphatic carbocycles. The summed E-state index contributed by atoms with van der Waals surface area (Å²) in [6, 6.07) is 8.30. The number of para-hydroxylation sites is 1. The van der Waals surface area contributed by atoms with Gasteiger partial charge in [-0.2, -0.15) is 0 Å². The highest BCUT2D eigenvalue weighted by Gasteiger charge is 2.50. The first-order valence-corrected chi connectivity index (χ1v) is 10.2. The molecule has 0 radical (unpaired) electrons. The number of likely N-dealkylation sites (N-methyl/N-ethyl adjacent to an activating group) is 1. The first-order chi connectivity index (χ1) is 12.8. The van der Waals surface area contributed by atoms with E-state index in [1.54, 1.807) is 0 Å². The number of benzene rings is 1. The van der Waals surface area contributed by atoms with E-state index in [0.717, 1.165) is 55.9 Å². The minimum atomic E-state index is -0.396. The van der Waals surface area contributed by atoms with E-state index >= 15 is 0 Å². The molecule has 0 saturated carbocycles. The third-order valence-electron chi connectivity index (χ3n) is 6.54. The van der Waals surface area contributed by atoms with Crippen molar-refractivity contribution in [2.45, 2.75) is 50.9 Å². The van der Waals surface area contributed by atoms with Crippen LogP contribution >= 0.6 is 0 Å². The summed E-state index contributed by atoms with van der Waals surface area (Å²) in [4.78, 5) is 0. The molecule has 0 N–H and O–H groups in total. The summed E-state index contributed by atoms with van der Waals surface area (Å²) in [7, 11) is 2.27. The van der Waals surface area contributed by atoms with Crippen LogP contribution in [0.15, 0.2) is 24.3 Å². The average molecular weight is 371 g/mol. The highest BCUT2D eigenvalue weighted by atomic mass is 16.5. The van der Waals surface area contributed by atoms with Crippen molar-refractivity contribution in [2.24, 2.45) is 5.92 Å². The second-order valence-corrected chi connectivity index (χ2v) is 9.30. The van der Waals surface area contributed by atoms with Gasteiger partial charge in [0.2, 0.25) is 0 Å². The molecule has 0 bridgehead atoms. The first kappa shape index (κ1) is 18.8. The van der Waals surface area contributed by atoms with Crippen molar-refractivity contribution in [1.29, 1.82) is 0 Å². The molecule has 2 saturated heterocycles. The fourth-order valence-corrected chi connectivity index (χ4v) is 4.61. The van der Waals surface area contributed by atoms with Crippen LogP contribution in [0.4, 0.5) is 0 Å². The second kappa shape index (κ2) is 6.81. The number of morpholine rings is 1. The van der Waals surface area contributed by atoms with Crippen molar-refractivity contribution in [2.75, 3.05) is 39.9 Å². The number of hydrogen-bond donors (Lipinski definition) is 0. The van der Waals surface area contributed by atoms with Gasteiger partial charge in [-0.25, -0.2) is 0 Å². The zero-order valence-corrected chi connectivity index (χ0v) is 17.1. The third kappa shape index (κ3) is 3.74. The second-order valence-electron chi connectivity index (χ2n) is 9.30. The molecule has 4 rings (SSSR count). The molecular formula is C23H32NO3+. The maximum Gasteiger partial charge on any atom is 0.140 e. The molecular weight excluding hydrogens is 338 g/mol. The highest BCUT2D eigenvalue weighted by molar-refractivity contribution is 5.39. The van der Waals surface area contributed by atoms with Crippen molar-refractivity contribution in [3.05, 3.63) is 29.8 Å². The lowest BCUT2D eigenvalue weighted by Gasteiger charge is -2.50. The van der Waals surface area contributed by atoms with Crippen molar-refractivity contribution >= 4 is 0 Å². The smallest absolute Gasteiger partial charge is 0.140 e. The summed E-state index contributed by atoms with van der Waals surface area (Å²) < 4.78 is 19.4. The molecule has 4 heteroatoms. The Kier molecular flexibility index (Phi) is 4.74. The van der Waals surface area contributed by atoms with Gasteiger partial charge in [-0.05, 0) is 45.6 Å². The fourth-order valence-electron chi connectivity index (χ4n) is 4.61. The van der Waals surface area contributed by atoms with Crippen LogP contribution in [0.25, 0.3) is 0 Å². The molecule has 3 aliphatic heterocycles. The van der Waals surface area contributed by atoms with Gasteiger partial charge in [0.05, 0.1) is 26.4 Å². The van der Waals surface area contributed by atoms with Crippen LogP contribution in [-0.2, 0) is 9.47 Å². The van der Waals surface area contributed by atoms with E-state index in [2.05, 4.69) is 57.9 Å². The quantitative estimate of drug-likeness (QED) is 0.559. The maximum atomic E-state index is 6.68. The molecule has 27 heavy (non-hydrogen) atoms. The van der Waals surface area contributed by atoms with Crippen LogP contribution in [0.1, 0.15) is 45.3 Å². The van der Waals surface area contributed by atoms with Crippen molar-refractivity contribution in [1.82, 2.24) is 0 Å². The van der Waals surface area contributed by atoms with Gasteiger partial charge in [0, 0.05) is 11.5 Å². The topological polar surface area (TPSA) is 27.7 Å². The van der Waals surface area contributed by atoms with Gasteiger partial charge in [-0.3, -0.25) is 0 Å². The first-order valence-electron chi connectivity index (χ1n) is 10.2. The summed E-state index contributed by atoms with van der Waals surface area (Å²) in [6.45, 7) is 11.1. The molecule has 1 aromatic carbocycles. The van der Waals surface area contributed by atoms with E-state index in [-0.39, 0.29) is 11.7 Å². The van der Waals surface area contributed by atoms with E-state index in [1.807, 2.05) is 6.07 Å². The Morgan fingerprint density at radius 1 is 1.15 bits per heavy atom. The third-order valence-corrected chi connectivity index (χ3v) is 6.54. The van der Waals surface area contributed by atoms with Crippen LogP contribution in [-0.4, -0.2) is 55.6 Å². The summed E-state index contributed by atoms with van der Waals surface area (Å²) in [5.74, 6) is 8.25. The summed E-state index contributed by atoms with van der Waals surface area (Å²) >= 11 is 0. The van der Waals surface area contributed by atoms with Crippen molar-refractivity contribution in [3.8, 4) is 17.6 Å². The van der Waals surface area contributed by atoms with E-state index in [0.29, 0.717) is 5.92 Å². The van der Waals surface area contributed by atoms with Gasteiger partial charge in [-0.1, -0.05) is 24.1 Å². The predicted octanol–water partition coefficient (Wildman–Crippen LogP) is 3.56. The van der Waals surface area contributed by atoms with Crippen molar-refractivity contribution in [3.63, 3.8) is 0 Å². The summed E-state index contributed by atoms with van der Waals surface area (Å²) in [5.41, 5.74) is 0.551. The lowest BCUT2D eigenvalue weighted by Crippen LogP contribution is -2.52. The fraction of sp³-hybridized carbons (Fsp3) is 0.652. The van der Waals surface area contributed by atoms with Gasteiger partial charge in [-0.15, -0.1) is 0 Å². The van der Waals surface area contributed by atoms with Gasteiger partial charge in [0.25, 0.3) is 0 Å². The standard InChI is InChI=1S/C23H32NO3/c1-22(2)19-10-12-23(3,11-7-13-24(4)14-16-25-17-15-24)27-21(19)18-8-5-6-9-20(18)26-22/h5-6,8-9,19,21H,10,12-17H2,1-4H3/q+1. The molecule has 146 valence electrons. The zero-order valence-electron chi connectivity index (χ0n) is 17.1. The minimum Gasteiger partial charge on any atom is -0.487 e. The molecule has 0 spiro atoms. The molecule has 4 nitrogen and oxygen atoms in total. The average Bonchev–Trinajstić information content (AvgIpc) is 2.61. The molecule has 3 heterocycles. The van der Waals surface area contributed by atoms with E-state index in [9.17, 15) is 0 Å². The highest BCUT2D eigenvalue weighted by Crippen LogP contribution is 2.52. The lowest BCUT2D eigenvalue weighted by molar-refractivity contribution is -0.910. The molecule has 3 unspecified atom stereocenters. The molecule has 3 aliphatic rings. The number of hydrogen-bond acceptors (Lipinski definition) is 3. The number of quaternary nitrogens is 1. The minimum absolute atomic E-state index is 0.0474. The molecule has 0 aromatic heterocycles. The summed E-state index contributed by atoms with van der Waals surface area (Å²) in [5, 5.41) is 0. The van der Waals surface area contributed by atoms with Crippen LogP contribution in [0.5, 0.6) is 5.75 Å². The summed E-state index contributed by atoms with van der Waals surface area (Å²) in [6.07, 6.45) is 2.06. The molecule has 2 fully saturated rings. The Hall–Kier alpha value is -1.54. The van der Waals surface area contributed by atoms with E-state index < -0.39 is 5.60 Å². The molecule has 3 atom stereocenters. The van der Waals surface area contributed by atoms with Gasteiger partial charge in [0.15, 0.2) is 0 Å². The Labute approximate surface area is 163 Å². The van der Waals surface area contributed by atoms with Gasteiger partial charge >= 0.3 is 0 Å².